The van der Waals surface area contributed by atoms with Crippen LogP contribution in [0.5, 0.6) is 11.5 Å². The van der Waals surface area contributed by atoms with Crippen molar-refractivity contribution >= 4 is 55.7 Å². The molecule has 16 heteroatoms. The SMILES string of the molecule is COc1ccc2c(O[C@@H]3C[C@H]4C(=O)N[C@]5(C(=O)NS(=O)(=O)C6CC6)C[C@@H]5/C=C\CCCCC[C@H](Nc5cccc(F)c5)C(=O)N4C3)cc(-c3nc(C(C)C)cs3)nc2c1C. The van der Waals surface area contributed by atoms with Gasteiger partial charge in [-0.25, -0.2) is 22.8 Å². The molecule has 4 aromatic rings. The third-order valence-electron chi connectivity index (χ3n) is 12.0. The number of halogens is 1. The van der Waals surface area contributed by atoms with E-state index in [1.807, 2.05) is 42.7 Å². The fraction of sp³-hybridized carbons (Fsp3) is 0.477. The summed E-state index contributed by atoms with van der Waals surface area (Å²) in [6.45, 7) is 6.10. The topological polar surface area (TPSA) is 169 Å². The highest BCUT2D eigenvalue weighted by Gasteiger charge is 2.62. The van der Waals surface area contributed by atoms with Crippen molar-refractivity contribution in [2.24, 2.45) is 5.92 Å². The second kappa shape index (κ2) is 16.8. The van der Waals surface area contributed by atoms with E-state index in [1.165, 1.54) is 28.4 Å². The summed E-state index contributed by atoms with van der Waals surface area (Å²) in [6, 6.07) is 9.59. The molecule has 318 valence electrons. The molecular weight excluding hydrogens is 808 g/mol. The second-order valence-corrected chi connectivity index (χ2v) is 19.5. The number of aromatic nitrogens is 2. The minimum atomic E-state index is -3.90. The number of methoxy groups -OCH3 is 1. The van der Waals surface area contributed by atoms with Crippen LogP contribution in [0.1, 0.15) is 88.8 Å². The molecule has 0 unspecified atom stereocenters. The van der Waals surface area contributed by atoms with Crippen LogP contribution < -0.4 is 24.8 Å². The Morgan fingerprint density at radius 2 is 1.88 bits per heavy atom. The number of fused-ring (bicyclic) bond motifs is 3. The number of carbonyl (C=O) groups excluding carboxylic acids is 3. The van der Waals surface area contributed by atoms with Crippen molar-refractivity contribution in [3.63, 3.8) is 0 Å². The Balaban J connectivity index is 1.15. The number of allylic oxidation sites excluding steroid dienone is 1. The van der Waals surface area contributed by atoms with E-state index >= 15 is 0 Å². The first kappa shape index (κ1) is 41.6. The monoisotopic (exact) mass is 858 g/mol. The van der Waals surface area contributed by atoms with E-state index in [0.717, 1.165) is 24.1 Å². The van der Waals surface area contributed by atoms with Crippen LogP contribution in [-0.2, 0) is 24.4 Å². The lowest BCUT2D eigenvalue weighted by atomic mass is 10.0. The Hall–Kier alpha value is -5.09. The van der Waals surface area contributed by atoms with E-state index in [1.54, 1.807) is 19.2 Å². The van der Waals surface area contributed by atoms with E-state index in [4.69, 9.17) is 19.4 Å². The summed E-state index contributed by atoms with van der Waals surface area (Å²) in [4.78, 5) is 54.7. The standard InChI is InChI=1S/C44H51FN6O7S2/c1-25(2)35-24-59-41(48-35)34-21-38(32-17-18-37(57-4)26(3)39(32)47-34)58-30-20-36-40(52)49-44(43(54)50-60(55,56)31-15-16-31)22-27(44)11-8-6-5-7-9-14-33(42(53)51(36)23-30)46-29-13-10-12-28(45)19-29/h8,10-13,17-19,21,24-25,27,30-31,33,36,46H,5-7,9,14-16,20,22-23H2,1-4H3,(H,49,52)(H,50,54)/b11-8-/t27-,30+,33-,36-,44+/m0/s1. The second-order valence-electron chi connectivity index (χ2n) is 16.7. The lowest BCUT2D eigenvalue weighted by molar-refractivity contribution is -0.140. The number of sulfonamides is 1. The fourth-order valence-electron chi connectivity index (χ4n) is 8.28. The van der Waals surface area contributed by atoms with Crippen LogP contribution in [0.25, 0.3) is 21.6 Å². The number of aryl methyl sites for hydroxylation is 1. The summed E-state index contributed by atoms with van der Waals surface area (Å²) < 4.78 is 55.0. The molecule has 2 aromatic heterocycles. The van der Waals surface area contributed by atoms with Crippen LogP contribution in [0.4, 0.5) is 10.1 Å². The molecule has 3 N–H and O–H groups in total. The maximum atomic E-state index is 14.8. The number of thiazole rings is 1. The van der Waals surface area contributed by atoms with Gasteiger partial charge in [0.2, 0.25) is 21.8 Å². The first-order valence-corrected chi connectivity index (χ1v) is 23.2. The van der Waals surface area contributed by atoms with Crippen molar-refractivity contribution in [2.75, 3.05) is 19.0 Å². The van der Waals surface area contributed by atoms with Gasteiger partial charge in [0.05, 0.1) is 30.1 Å². The normalized spacial score (nSPS) is 25.4. The van der Waals surface area contributed by atoms with Crippen molar-refractivity contribution in [3.8, 4) is 22.2 Å². The number of rotatable bonds is 10. The maximum absolute atomic E-state index is 14.8. The summed E-state index contributed by atoms with van der Waals surface area (Å²) in [5, 5.41) is 9.00. The van der Waals surface area contributed by atoms with Crippen molar-refractivity contribution in [1.82, 2.24) is 24.9 Å². The molecule has 0 spiro atoms. The largest absolute Gasteiger partial charge is 0.496 e. The van der Waals surface area contributed by atoms with Crippen LogP contribution in [0.3, 0.4) is 0 Å². The predicted octanol–water partition coefficient (Wildman–Crippen LogP) is 6.77. The van der Waals surface area contributed by atoms with Crippen molar-refractivity contribution in [3.05, 3.63) is 77.1 Å². The zero-order chi connectivity index (χ0) is 42.3. The third-order valence-corrected chi connectivity index (χ3v) is 14.7. The van der Waals surface area contributed by atoms with Gasteiger partial charge in [-0.1, -0.05) is 44.9 Å². The molecule has 2 aliphatic heterocycles. The van der Waals surface area contributed by atoms with Gasteiger partial charge < -0.3 is 25.0 Å². The fourth-order valence-corrected chi connectivity index (χ4v) is 10.6. The molecule has 0 radical (unpaired) electrons. The van der Waals surface area contributed by atoms with Crippen LogP contribution in [0.2, 0.25) is 0 Å². The number of carbonyl (C=O) groups is 3. The molecule has 4 heterocycles. The van der Waals surface area contributed by atoms with E-state index in [-0.39, 0.29) is 31.2 Å². The highest BCUT2D eigenvalue weighted by Crippen LogP contribution is 2.46. The van der Waals surface area contributed by atoms with E-state index in [2.05, 4.69) is 29.2 Å². The van der Waals surface area contributed by atoms with E-state index < -0.39 is 62.5 Å². The Morgan fingerprint density at radius 3 is 2.62 bits per heavy atom. The smallest absolute Gasteiger partial charge is 0.259 e. The zero-order valence-corrected chi connectivity index (χ0v) is 35.8. The molecule has 2 aliphatic carbocycles. The van der Waals surface area contributed by atoms with Gasteiger partial charge in [-0.15, -0.1) is 11.3 Å². The molecule has 13 nitrogen and oxygen atoms in total. The third kappa shape index (κ3) is 8.58. The van der Waals surface area contributed by atoms with Gasteiger partial charge in [0.25, 0.3) is 5.91 Å². The summed E-state index contributed by atoms with van der Waals surface area (Å²) in [5.41, 5.74) is 1.94. The predicted molar refractivity (Wildman–Crippen MR) is 228 cm³/mol. The minimum absolute atomic E-state index is 0.0277. The minimum Gasteiger partial charge on any atom is -0.496 e. The van der Waals surface area contributed by atoms with Crippen LogP contribution in [0.15, 0.2) is 60.0 Å². The number of pyridine rings is 1. The summed E-state index contributed by atoms with van der Waals surface area (Å²) in [7, 11) is -2.30. The van der Waals surface area contributed by atoms with Crippen molar-refractivity contribution in [2.45, 2.75) is 113 Å². The van der Waals surface area contributed by atoms with Crippen LogP contribution in [0, 0.1) is 18.7 Å². The molecule has 3 amide bonds. The lowest BCUT2D eigenvalue weighted by Gasteiger charge is -2.30. The number of ether oxygens (including phenoxy) is 2. The van der Waals surface area contributed by atoms with Crippen molar-refractivity contribution in [1.29, 1.82) is 0 Å². The van der Waals surface area contributed by atoms with Gasteiger partial charge in [-0.3, -0.25) is 19.1 Å². The summed E-state index contributed by atoms with van der Waals surface area (Å²) in [6.07, 6.45) is 7.87. The first-order chi connectivity index (χ1) is 28.8. The molecule has 1 saturated heterocycles. The molecule has 2 saturated carbocycles. The molecule has 3 fully saturated rings. The van der Waals surface area contributed by atoms with Gasteiger partial charge in [-0.2, -0.15) is 0 Å². The average Bonchev–Trinajstić information content (AvgIpc) is 4.09. The first-order valence-electron chi connectivity index (χ1n) is 20.7. The maximum Gasteiger partial charge on any atom is 0.259 e. The summed E-state index contributed by atoms with van der Waals surface area (Å²) >= 11 is 1.48. The Bertz CT molecular complexity index is 2450. The number of benzene rings is 2. The highest BCUT2D eigenvalue weighted by atomic mass is 32.2. The van der Waals surface area contributed by atoms with Crippen LogP contribution >= 0.6 is 11.3 Å². The number of hydrogen-bond acceptors (Lipinski definition) is 11. The van der Waals surface area contributed by atoms with E-state index in [9.17, 15) is 27.2 Å². The van der Waals surface area contributed by atoms with Gasteiger partial charge in [0.1, 0.15) is 51.7 Å². The zero-order valence-electron chi connectivity index (χ0n) is 34.2. The molecule has 4 aliphatic rings. The van der Waals surface area contributed by atoms with Crippen molar-refractivity contribution < 1.29 is 36.7 Å². The molecular formula is C44H51FN6O7S2. The molecule has 5 atom stereocenters. The Morgan fingerprint density at radius 1 is 1.07 bits per heavy atom. The molecule has 60 heavy (non-hydrogen) atoms. The average molecular weight is 859 g/mol. The number of hydrogen-bond donors (Lipinski definition) is 3. The molecule has 0 bridgehead atoms. The Labute approximate surface area is 353 Å². The highest BCUT2D eigenvalue weighted by molar-refractivity contribution is 7.91. The number of nitrogens with zero attached hydrogens (tertiary/aromatic N) is 3. The lowest BCUT2D eigenvalue weighted by Crippen LogP contribution is -2.57. The number of anilines is 1. The quantitative estimate of drug-likeness (QED) is 0.145. The number of nitrogens with one attached hydrogen (secondary N) is 3. The van der Waals surface area contributed by atoms with E-state index in [0.29, 0.717) is 70.9 Å². The summed E-state index contributed by atoms with van der Waals surface area (Å²) in [5.74, 6) is -1.25. The molecule has 8 rings (SSSR count). The van der Waals surface area contributed by atoms with Crippen LogP contribution in [-0.4, -0.2) is 83.6 Å². The van der Waals surface area contributed by atoms with Gasteiger partial charge in [0, 0.05) is 40.4 Å². The Kier molecular flexibility index (Phi) is 11.6. The van der Waals surface area contributed by atoms with Gasteiger partial charge >= 0.3 is 0 Å². The van der Waals surface area contributed by atoms with Gasteiger partial charge in [0.15, 0.2) is 0 Å². The van der Waals surface area contributed by atoms with Gasteiger partial charge in [-0.05, 0) is 81.7 Å². The number of amides is 3. The molecule has 2 aromatic carbocycles.